The van der Waals surface area contributed by atoms with Gasteiger partial charge in [-0.05, 0) is 71.8 Å². The van der Waals surface area contributed by atoms with Crippen LogP contribution in [-0.2, 0) is 55.7 Å². The quantitative estimate of drug-likeness (QED) is 0.102. The van der Waals surface area contributed by atoms with Crippen molar-refractivity contribution in [1.29, 1.82) is 0 Å². The van der Waals surface area contributed by atoms with Crippen LogP contribution < -0.4 is 4.74 Å². The summed E-state index contributed by atoms with van der Waals surface area (Å²) in [5, 5.41) is 0.657. The summed E-state index contributed by atoms with van der Waals surface area (Å²) >= 11 is 6.87. The summed E-state index contributed by atoms with van der Waals surface area (Å²) in [7, 11) is 1.67. The van der Waals surface area contributed by atoms with Gasteiger partial charge in [0.2, 0.25) is 5.79 Å². The normalized spacial score (nSPS) is 21.7. The van der Waals surface area contributed by atoms with Crippen molar-refractivity contribution in [2.24, 2.45) is 0 Å². The number of hydrogen-bond acceptors (Lipinski definition) is 6. The Morgan fingerprint density at radius 1 is 0.627 bits per heavy atom. The topological polar surface area (TPSA) is 55.4 Å². The Morgan fingerprint density at radius 3 is 1.71 bits per heavy atom. The molecule has 1 aliphatic rings. The average Bonchev–Trinajstić information content (AvgIpc) is 3.18. The maximum Gasteiger partial charge on any atom is 0.224 e. The molecule has 0 radical (unpaired) electrons. The summed E-state index contributed by atoms with van der Waals surface area (Å²) in [5.74, 6) is -0.508. The molecular formula is C44H47ClO6. The molecule has 1 aliphatic heterocycles. The van der Waals surface area contributed by atoms with Gasteiger partial charge in [-0.2, -0.15) is 0 Å². The molecule has 266 valence electrons. The summed E-state index contributed by atoms with van der Waals surface area (Å²) in [4.78, 5) is 0. The van der Waals surface area contributed by atoms with Gasteiger partial charge in [-0.25, -0.2) is 0 Å². The highest BCUT2D eigenvalue weighted by molar-refractivity contribution is 6.31. The molecule has 5 atom stereocenters. The van der Waals surface area contributed by atoms with Gasteiger partial charge in [-0.3, -0.25) is 0 Å². The molecule has 1 fully saturated rings. The standard InChI is InChI=1S/C44H47ClO6/c1-4-40-41(48-29-33-15-9-6-10-16-33)42(49-30-34-17-11-7-12-18-34)43(50-31-35-19-13-8-14-20-35)44(46-3,51-40)37-23-26-39(45)36(28-37)27-32-21-24-38(25-22-32)47-5-2/h6-26,28,40-43H,4-5,27,29-31H2,1-3H3/t40?,41-,42?,43-,44?/m1/s1. The molecule has 3 unspecified atom stereocenters. The first-order valence-corrected chi connectivity index (χ1v) is 18.1. The van der Waals surface area contributed by atoms with Crippen LogP contribution >= 0.6 is 11.6 Å². The average molecular weight is 707 g/mol. The van der Waals surface area contributed by atoms with Crippen LogP contribution in [0.2, 0.25) is 5.02 Å². The van der Waals surface area contributed by atoms with Gasteiger partial charge in [0, 0.05) is 17.7 Å². The van der Waals surface area contributed by atoms with Crippen LogP contribution in [0.3, 0.4) is 0 Å². The number of halogens is 1. The van der Waals surface area contributed by atoms with Crippen molar-refractivity contribution < 1.29 is 28.4 Å². The smallest absolute Gasteiger partial charge is 0.224 e. The van der Waals surface area contributed by atoms with E-state index < -0.39 is 24.1 Å². The molecule has 6 nitrogen and oxygen atoms in total. The Balaban J connectivity index is 1.40. The van der Waals surface area contributed by atoms with Gasteiger partial charge in [0.15, 0.2) is 0 Å². The van der Waals surface area contributed by atoms with E-state index in [0.29, 0.717) is 44.3 Å². The lowest BCUT2D eigenvalue weighted by Gasteiger charge is -2.52. The van der Waals surface area contributed by atoms with E-state index in [9.17, 15) is 0 Å². The lowest BCUT2D eigenvalue weighted by Crippen LogP contribution is -2.65. The molecule has 0 aliphatic carbocycles. The third-order valence-electron chi connectivity index (χ3n) is 9.32. The number of methoxy groups -OCH3 is 1. The van der Waals surface area contributed by atoms with E-state index in [-0.39, 0.29) is 6.10 Å². The van der Waals surface area contributed by atoms with Gasteiger partial charge in [-0.1, -0.05) is 128 Å². The van der Waals surface area contributed by atoms with Crippen molar-refractivity contribution >= 4 is 11.6 Å². The van der Waals surface area contributed by atoms with E-state index in [1.807, 2.05) is 97.9 Å². The zero-order chi connectivity index (χ0) is 35.5. The van der Waals surface area contributed by atoms with E-state index in [2.05, 4.69) is 49.4 Å². The number of ether oxygens (including phenoxy) is 6. The van der Waals surface area contributed by atoms with E-state index >= 15 is 0 Å². The van der Waals surface area contributed by atoms with Crippen LogP contribution in [0.1, 0.15) is 53.6 Å². The maximum absolute atomic E-state index is 7.12. The first-order valence-electron chi connectivity index (χ1n) is 17.7. The highest BCUT2D eigenvalue weighted by atomic mass is 35.5. The van der Waals surface area contributed by atoms with Crippen LogP contribution in [0.4, 0.5) is 0 Å². The molecule has 51 heavy (non-hydrogen) atoms. The highest BCUT2D eigenvalue weighted by Crippen LogP contribution is 2.45. The van der Waals surface area contributed by atoms with E-state index in [0.717, 1.165) is 39.1 Å². The fourth-order valence-corrected chi connectivity index (χ4v) is 6.87. The third-order valence-corrected chi connectivity index (χ3v) is 9.68. The third kappa shape index (κ3) is 9.08. The molecule has 0 aromatic heterocycles. The fraction of sp³-hybridized carbons (Fsp3) is 0.318. The second kappa shape index (κ2) is 18.0. The van der Waals surface area contributed by atoms with Gasteiger partial charge < -0.3 is 28.4 Å². The molecule has 0 amide bonds. The zero-order valence-corrected chi connectivity index (χ0v) is 30.3. The first-order chi connectivity index (χ1) is 25.0. The highest BCUT2D eigenvalue weighted by Gasteiger charge is 2.58. The van der Waals surface area contributed by atoms with Gasteiger partial charge in [0.05, 0.1) is 32.5 Å². The molecule has 0 N–H and O–H groups in total. The Hall–Kier alpha value is -4.01. The molecular weight excluding hydrogens is 660 g/mol. The van der Waals surface area contributed by atoms with Gasteiger partial charge in [0.25, 0.3) is 0 Å². The van der Waals surface area contributed by atoms with Crippen LogP contribution in [0.5, 0.6) is 5.75 Å². The summed E-state index contributed by atoms with van der Waals surface area (Å²) in [6.07, 6.45) is -0.860. The summed E-state index contributed by atoms with van der Waals surface area (Å²) < 4.78 is 39.9. The van der Waals surface area contributed by atoms with E-state index in [1.165, 1.54) is 0 Å². The SMILES string of the molecule is CCOc1ccc(Cc2cc(C3(OC)OC(CC)[C@@H](OCc4ccccc4)C(OCc4ccccc4)[C@H]3OCc3ccccc3)ccc2Cl)cc1. The monoisotopic (exact) mass is 706 g/mol. The van der Waals surface area contributed by atoms with Crippen molar-refractivity contribution in [1.82, 2.24) is 0 Å². The van der Waals surface area contributed by atoms with Crippen molar-refractivity contribution in [3.63, 3.8) is 0 Å². The Labute approximate surface area is 307 Å². The largest absolute Gasteiger partial charge is 0.494 e. The van der Waals surface area contributed by atoms with Gasteiger partial charge in [0.1, 0.15) is 24.1 Å². The van der Waals surface area contributed by atoms with Crippen molar-refractivity contribution in [3.05, 3.63) is 172 Å². The Bertz CT molecular complexity index is 1770. The van der Waals surface area contributed by atoms with Crippen molar-refractivity contribution in [2.75, 3.05) is 13.7 Å². The van der Waals surface area contributed by atoms with Gasteiger partial charge >= 0.3 is 0 Å². The first kappa shape index (κ1) is 36.8. The second-order valence-corrected chi connectivity index (χ2v) is 13.1. The Morgan fingerprint density at radius 2 is 1.18 bits per heavy atom. The maximum atomic E-state index is 7.12. The summed E-state index contributed by atoms with van der Waals surface area (Å²) in [6.45, 7) is 5.78. The van der Waals surface area contributed by atoms with Crippen LogP contribution in [0, 0.1) is 0 Å². The van der Waals surface area contributed by atoms with Crippen molar-refractivity contribution in [2.45, 2.75) is 76.7 Å². The molecule has 6 rings (SSSR count). The van der Waals surface area contributed by atoms with Crippen LogP contribution in [-0.4, -0.2) is 38.1 Å². The lowest BCUT2D eigenvalue weighted by molar-refractivity contribution is -0.382. The molecule has 0 saturated carbocycles. The lowest BCUT2D eigenvalue weighted by atomic mass is 9.85. The molecule has 0 bridgehead atoms. The second-order valence-electron chi connectivity index (χ2n) is 12.7. The number of hydrogen-bond donors (Lipinski definition) is 0. The van der Waals surface area contributed by atoms with E-state index in [4.69, 9.17) is 40.0 Å². The molecule has 5 aromatic carbocycles. The molecule has 1 heterocycles. The fourth-order valence-electron chi connectivity index (χ4n) is 6.69. The van der Waals surface area contributed by atoms with Crippen molar-refractivity contribution in [3.8, 4) is 5.75 Å². The molecule has 7 heteroatoms. The summed E-state index contributed by atoms with van der Waals surface area (Å²) in [6, 6.07) is 44.5. The molecule has 1 saturated heterocycles. The zero-order valence-electron chi connectivity index (χ0n) is 29.6. The predicted octanol–water partition coefficient (Wildman–Crippen LogP) is 9.69. The Kier molecular flexibility index (Phi) is 13.0. The summed E-state index contributed by atoms with van der Waals surface area (Å²) in [5.41, 5.74) is 5.98. The minimum absolute atomic E-state index is 0.319. The molecule has 0 spiro atoms. The molecule has 5 aromatic rings. The number of benzene rings is 5. The predicted molar refractivity (Wildman–Crippen MR) is 201 cm³/mol. The van der Waals surface area contributed by atoms with Crippen LogP contribution in [0.15, 0.2) is 133 Å². The minimum Gasteiger partial charge on any atom is -0.494 e. The van der Waals surface area contributed by atoms with Gasteiger partial charge in [-0.15, -0.1) is 0 Å². The van der Waals surface area contributed by atoms with E-state index in [1.54, 1.807) is 7.11 Å². The minimum atomic E-state index is -1.35. The number of rotatable bonds is 16. The van der Waals surface area contributed by atoms with Crippen LogP contribution in [0.25, 0.3) is 0 Å².